The molecule has 2 aromatic carbocycles. The topological polar surface area (TPSA) is 89.4 Å². The van der Waals surface area contributed by atoms with E-state index in [1.165, 1.54) is 0 Å². The molecule has 29 heavy (non-hydrogen) atoms. The van der Waals surface area contributed by atoms with E-state index in [-0.39, 0.29) is 19.1 Å². The predicted molar refractivity (Wildman–Crippen MR) is 110 cm³/mol. The molecule has 154 valence electrons. The van der Waals surface area contributed by atoms with Gasteiger partial charge in [-0.15, -0.1) is 0 Å². The number of carbonyl (C=O) groups excluding carboxylic acids is 1. The standard InChI is InChI=1S/C21H23ClN2O5/c1-27-17-6-4-7-18(11-17)28-13-16(25)12-23-21(26)20-10-15(24-29-20)9-14-5-2-3-8-19(14)22/h2-8,11,16,20,25H,9-10,12-13H2,1H3,(H,23,26)/t16-,20+/m1/s1. The quantitative estimate of drug-likeness (QED) is 0.653. The lowest BCUT2D eigenvalue weighted by Gasteiger charge is -2.15. The van der Waals surface area contributed by atoms with Gasteiger partial charge in [0.1, 0.15) is 24.2 Å². The number of methoxy groups -OCH3 is 1. The molecule has 0 unspecified atom stereocenters. The summed E-state index contributed by atoms with van der Waals surface area (Å²) in [6.45, 7) is 0.0791. The van der Waals surface area contributed by atoms with E-state index in [2.05, 4.69) is 10.5 Å². The van der Waals surface area contributed by atoms with Crippen molar-refractivity contribution in [3.05, 3.63) is 59.1 Å². The summed E-state index contributed by atoms with van der Waals surface area (Å²) in [7, 11) is 1.57. The number of halogens is 1. The third-order valence-corrected chi connectivity index (χ3v) is 4.74. The Kier molecular flexibility index (Phi) is 7.32. The second-order valence-electron chi connectivity index (χ2n) is 6.61. The fraction of sp³-hybridized carbons (Fsp3) is 0.333. The molecule has 0 aromatic heterocycles. The van der Waals surface area contributed by atoms with E-state index in [0.717, 1.165) is 11.3 Å². The molecule has 0 bridgehead atoms. The second kappa shape index (κ2) is 10.1. The number of oxime groups is 1. The first-order valence-electron chi connectivity index (χ1n) is 9.22. The Morgan fingerprint density at radius 1 is 1.31 bits per heavy atom. The number of ether oxygens (including phenoxy) is 2. The summed E-state index contributed by atoms with van der Waals surface area (Å²) < 4.78 is 10.6. The molecule has 1 heterocycles. The minimum atomic E-state index is -0.866. The zero-order chi connectivity index (χ0) is 20.6. The van der Waals surface area contributed by atoms with E-state index in [1.54, 1.807) is 31.4 Å². The van der Waals surface area contributed by atoms with Gasteiger partial charge in [-0.05, 0) is 23.8 Å². The van der Waals surface area contributed by atoms with Crippen LogP contribution in [0, 0.1) is 0 Å². The van der Waals surface area contributed by atoms with Crippen molar-refractivity contribution in [1.29, 1.82) is 0 Å². The predicted octanol–water partition coefficient (Wildman–Crippen LogP) is 2.59. The monoisotopic (exact) mass is 418 g/mol. The number of rotatable bonds is 9. The van der Waals surface area contributed by atoms with Crippen molar-refractivity contribution in [2.75, 3.05) is 20.3 Å². The Bertz CT molecular complexity index is 874. The molecule has 0 spiro atoms. The highest BCUT2D eigenvalue weighted by Gasteiger charge is 2.28. The normalized spacial score (nSPS) is 16.5. The number of nitrogens with zero attached hydrogens (tertiary/aromatic N) is 1. The van der Waals surface area contributed by atoms with Gasteiger partial charge in [0.15, 0.2) is 0 Å². The van der Waals surface area contributed by atoms with Gasteiger partial charge in [-0.25, -0.2) is 0 Å². The SMILES string of the molecule is COc1cccc(OC[C@H](O)CNC(=O)[C@@H]2CC(Cc3ccccc3Cl)=NO2)c1. The second-order valence-corrected chi connectivity index (χ2v) is 7.02. The van der Waals surface area contributed by atoms with Crippen LogP contribution in [0.2, 0.25) is 5.02 Å². The van der Waals surface area contributed by atoms with E-state index >= 15 is 0 Å². The molecule has 0 fully saturated rings. The van der Waals surface area contributed by atoms with E-state index < -0.39 is 12.2 Å². The van der Waals surface area contributed by atoms with Crippen molar-refractivity contribution >= 4 is 23.2 Å². The van der Waals surface area contributed by atoms with Crippen LogP contribution in [0.1, 0.15) is 12.0 Å². The van der Waals surface area contributed by atoms with Crippen LogP contribution in [0.4, 0.5) is 0 Å². The van der Waals surface area contributed by atoms with Gasteiger partial charge in [-0.1, -0.05) is 41.0 Å². The smallest absolute Gasteiger partial charge is 0.264 e. The molecule has 3 rings (SSSR count). The Morgan fingerprint density at radius 2 is 2.10 bits per heavy atom. The van der Waals surface area contributed by atoms with E-state index in [9.17, 15) is 9.90 Å². The van der Waals surface area contributed by atoms with Crippen molar-refractivity contribution in [1.82, 2.24) is 5.32 Å². The first-order valence-corrected chi connectivity index (χ1v) is 9.60. The highest BCUT2D eigenvalue weighted by Crippen LogP contribution is 2.20. The van der Waals surface area contributed by atoms with E-state index in [4.69, 9.17) is 25.9 Å². The fourth-order valence-corrected chi connectivity index (χ4v) is 3.01. The van der Waals surface area contributed by atoms with Crippen LogP contribution in [0.15, 0.2) is 53.7 Å². The molecule has 2 atom stereocenters. The number of hydrogen-bond donors (Lipinski definition) is 2. The van der Waals surface area contributed by atoms with Crippen LogP contribution in [0.5, 0.6) is 11.5 Å². The number of aliphatic hydroxyl groups is 1. The third kappa shape index (κ3) is 6.10. The van der Waals surface area contributed by atoms with Crippen molar-refractivity contribution in [2.24, 2.45) is 5.16 Å². The molecule has 1 amide bonds. The fourth-order valence-electron chi connectivity index (χ4n) is 2.81. The number of aliphatic hydroxyl groups excluding tert-OH is 1. The van der Waals surface area contributed by atoms with Crippen LogP contribution in [0.3, 0.4) is 0 Å². The summed E-state index contributed by atoms with van der Waals surface area (Å²) in [5, 5.41) is 17.4. The zero-order valence-corrected chi connectivity index (χ0v) is 16.8. The minimum absolute atomic E-state index is 0.0349. The molecular weight excluding hydrogens is 396 g/mol. The van der Waals surface area contributed by atoms with Crippen LogP contribution in [0.25, 0.3) is 0 Å². The Hall–Kier alpha value is -2.77. The molecule has 0 aliphatic carbocycles. The summed E-state index contributed by atoms with van der Waals surface area (Å²) >= 11 is 6.16. The van der Waals surface area contributed by atoms with Gasteiger partial charge in [0.25, 0.3) is 5.91 Å². The molecule has 2 aromatic rings. The zero-order valence-electron chi connectivity index (χ0n) is 16.0. The number of nitrogens with one attached hydrogen (secondary N) is 1. The van der Waals surface area contributed by atoms with Crippen LogP contribution in [-0.4, -0.2) is 49.2 Å². The number of hydrogen-bond acceptors (Lipinski definition) is 6. The van der Waals surface area contributed by atoms with Crippen LogP contribution >= 0.6 is 11.6 Å². The number of carbonyl (C=O) groups is 1. The van der Waals surface area contributed by atoms with Crippen LogP contribution < -0.4 is 14.8 Å². The van der Waals surface area contributed by atoms with Gasteiger partial charge < -0.3 is 24.7 Å². The average molecular weight is 419 g/mol. The Balaban J connectivity index is 1.39. The Morgan fingerprint density at radius 3 is 2.90 bits per heavy atom. The molecular formula is C21H23ClN2O5. The highest BCUT2D eigenvalue weighted by atomic mass is 35.5. The van der Waals surface area contributed by atoms with Crippen molar-refractivity contribution < 1.29 is 24.2 Å². The lowest BCUT2D eigenvalue weighted by atomic mass is 10.0. The summed E-state index contributed by atoms with van der Waals surface area (Å²) in [5.74, 6) is 0.908. The first kappa shape index (κ1) is 21.0. The summed E-state index contributed by atoms with van der Waals surface area (Å²) in [6.07, 6.45) is -0.664. The average Bonchev–Trinajstić information content (AvgIpc) is 3.21. The highest BCUT2D eigenvalue weighted by molar-refractivity contribution is 6.31. The maximum atomic E-state index is 12.3. The van der Waals surface area contributed by atoms with Crippen molar-refractivity contribution in [2.45, 2.75) is 25.0 Å². The van der Waals surface area contributed by atoms with Gasteiger partial charge in [-0.2, -0.15) is 0 Å². The van der Waals surface area contributed by atoms with Crippen molar-refractivity contribution in [3.8, 4) is 11.5 Å². The maximum absolute atomic E-state index is 12.3. The van der Waals surface area contributed by atoms with Gasteiger partial charge in [0.05, 0.1) is 12.8 Å². The summed E-state index contributed by atoms with van der Waals surface area (Å²) in [5.41, 5.74) is 1.68. The molecule has 2 N–H and O–H groups in total. The lowest BCUT2D eigenvalue weighted by Crippen LogP contribution is -2.40. The summed E-state index contributed by atoms with van der Waals surface area (Å²) in [4.78, 5) is 17.5. The van der Waals surface area contributed by atoms with E-state index in [1.807, 2.05) is 24.3 Å². The lowest BCUT2D eigenvalue weighted by molar-refractivity contribution is -0.131. The molecule has 0 saturated carbocycles. The molecule has 8 heteroatoms. The van der Waals surface area contributed by atoms with E-state index in [0.29, 0.717) is 29.4 Å². The largest absolute Gasteiger partial charge is 0.497 e. The third-order valence-electron chi connectivity index (χ3n) is 4.37. The molecule has 0 saturated heterocycles. The summed E-state index contributed by atoms with van der Waals surface area (Å²) in [6, 6.07) is 14.6. The number of amides is 1. The first-order chi connectivity index (χ1) is 14.0. The van der Waals surface area contributed by atoms with Crippen molar-refractivity contribution in [3.63, 3.8) is 0 Å². The number of benzene rings is 2. The molecule has 7 nitrogen and oxygen atoms in total. The Labute approximate surface area is 174 Å². The van der Waals surface area contributed by atoms with Gasteiger partial charge in [0, 0.05) is 30.5 Å². The van der Waals surface area contributed by atoms with Gasteiger partial charge >= 0.3 is 0 Å². The molecule has 1 aliphatic heterocycles. The van der Waals surface area contributed by atoms with Crippen LogP contribution in [-0.2, 0) is 16.1 Å². The molecule has 1 aliphatic rings. The molecule has 0 radical (unpaired) electrons. The maximum Gasteiger partial charge on any atom is 0.264 e. The minimum Gasteiger partial charge on any atom is -0.497 e. The van der Waals surface area contributed by atoms with Gasteiger partial charge in [0.2, 0.25) is 6.10 Å². The van der Waals surface area contributed by atoms with Gasteiger partial charge in [-0.3, -0.25) is 4.79 Å².